The molecule has 1 aliphatic rings. The Morgan fingerprint density at radius 2 is 2.10 bits per heavy atom. The number of primary sulfonamides is 1. The fourth-order valence-electron chi connectivity index (χ4n) is 2.02. The maximum absolute atomic E-state index is 12.5. The molecule has 0 bridgehead atoms. The minimum atomic E-state index is -3.92. The molecule has 1 aromatic rings. The second-order valence-corrected chi connectivity index (χ2v) is 7.42. The van der Waals surface area contributed by atoms with Crippen LogP contribution in [-0.2, 0) is 10.0 Å². The van der Waals surface area contributed by atoms with E-state index in [2.05, 4.69) is 15.9 Å². The Morgan fingerprint density at radius 3 is 2.55 bits per heavy atom. The Kier molecular flexibility index (Phi) is 4.44. The van der Waals surface area contributed by atoms with E-state index in [1.807, 2.05) is 6.92 Å². The van der Waals surface area contributed by atoms with Crippen molar-refractivity contribution in [3.8, 4) is 0 Å². The summed E-state index contributed by atoms with van der Waals surface area (Å²) in [6.07, 6.45) is 1.94. The van der Waals surface area contributed by atoms with E-state index in [0.29, 0.717) is 6.54 Å². The van der Waals surface area contributed by atoms with E-state index in [9.17, 15) is 13.2 Å². The van der Waals surface area contributed by atoms with Crippen LogP contribution in [0.25, 0.3) is 0 Å². The minimum absolute atomic E-state index is 0.142. The summed E-state index contributed by atoms with van der Waals surface area (Å²) in [4.78, 5) is 14.0. The maximum Gasteiger partial charge on any atom is 0.255 e. The molecule has 0 radical (unpaired) electrons. The van der Waals surface area contributed by atoms with E-state index in [1.54, 1.807) is 4.90 Å². The van der Waals surface area contributed by atoms with Crippen LogP contribution in [0.1, 0.15) is 30.1 Å². The van der Waals surface area contributed by atoms with Crippen LogP contribution in [0.2, 0.25) is 5.02 Å². The molecule has 1 amide bonds. The van der Waals surface area contributed by atoms with E-state index in [-0.39, 0.29) is 31.9 Å². The highest BCUT2D eigenvalue weighted by molar-refractivity contribution is 9.10. The van der Waals surface area contributed by atoms with Gasteiger partial charge in [-0.05, 0) is 47.8 Å². The fraction of sp³-hybridized carbons (Fsp3) is 0.417. The first-order chi connectivity index (χ1) is 9.25. The Labute approximate surface area is 131 Å². The highest BCUT2D eigenvalue weighted by atomic mass is 79.9. The largest absolute Gasteiger partial charge is 0.336 e. The molecule has 0 saturated heterocycles. The SMILES string of the molecule is CCN(C(=O)c1cc(S(N)(=O)=O)c(Br)cc1Cl)C1CC1. The maximum atomic E-state index is 12.5. The van der Waals surface area contributed by atoms with Gasteiger partial charge in [0, 0.05) is 17.1 Å². The number of hydrogen-bond acceptors (Lipinski definition) is 3. The van der Waals surface area contributed by atoms with Crippen molar-refractivity contribution in [1.29, 1.82) is 0 Å². The average molecular weight is 382 g/mol. The van der Waals surface area contributed by atoms with Gasteiger partial charge in [0.15, 0.2) is 0 Å². The minimum Gasteiger partial charge on any atom is -0.336 e. The number of sulfonamides is 1. The summed E-state index contributed by atoms with van der Waals surface area (Å²) in [6.45, 7) is 2.43. The second kappa shape index (κ2) is 5.63. The third kappa shape index (κ3) is 3.16. The first-order valence-electron chi connectivity index (χ1n) is 6.08. The van der Waals surface area contributed by atoms with Crippen molar-refractivity contribution < 1.29 is 13.2 Å². The molecule has 0 heterocycles. The van der Waals surface area contributed by atoms with Gasteiger partial charge < -0.3 is 4.90 Å². The monoisotopic (exact) mass is 380 g/mol. The van der Waals surface area contributed by atoms with Crippen LogP contribution in [0, 0.1) is 0 Å². The molecule has 0 spiro atoms. The third-order valence-electron chi connectivity index (χ3n) is 3.15. The zero-order valence-corrected chi connectivity index (χ0v) is 13.9. The van der Waals surface area contributed by atoms with Gasteiger partial charge in [0.1, 0.15) is 0 Å². The summed E-state index contributed by atoms with van der Waals surface area (Å²) in [5.74, 6) is -0.266. The second-order valence-electron chi connectivity index (χ2n) is 4.63. The van der Waals surface area contributed by atoms with Crippen LogP contribution in [0.4, 0.5) is 0 Å². The van der Waals surface area contributed by atoms with Crippen molar-refractivity contribution in [3.05, 3.63) is 27.2 Å². The highest BCUT2D eigenvalue weighted by Gasteiger charge is 2.33. The zero-order chi connectivity index (χ0) is 15.1. The number of nitrogens with zero attached hydrogens (tertiary/aromatic N) is 1. The fourth-order valence-corrected chi connectivity index (χ4v) is 4.03. The summed E-state index contributed by atoms with van der Waals surface area (Å²) >= 11 is 9.15. The molecule has 8 heteroatoms. The lowest BCUT2D eigenvalue weighted by Gasteiger charge is -2.21. The molecule has 0 atom stereocenters. The number of carbonyl (C=O) groups is 1. The van der Waals surface area contributed by atoms with Crippen LogP contribution >= 0.6 is 27.5 Å². The molecular formula is C12H14BrClN2O3S. The van der Waals surface area contributed by atoms with Gasteiger partial charge in [-0.25, -0.2) is 13.6 Å². The first kappa shape index (κ1) is 15.8. The Morgan fingerprint density at radius 1 is 1.50 bits per heavy atom. The predicted octanol–water partition coefficient (Wildman–Crippen LogP) is 2.37. The standard InChI is InChI=1S/C12H14BrClN2O3S/c1-2-16(7-3-4-7)12(17)8-5-11(20(15,18)19)9(13)6-10(8)14/h5-7H,2-4H2,1H3,(H2,15,18,19). The normalized spacial score (nSPS) is 15.2. The summed E-state index contributed by atoms with van der Waals surface area (Å²) in [5.41, 5.74) is 0.160. The first-order valence-corrected chi connectivity index (χ1v) is 8.80. The van der Waals surface area contributed by atoms with Gasteiger partial charge in [0.05, 0.1) is 15.5 Å². The lowest BCUT2D eigenvalue weighted by atomic mass is 10.2. The smallest absolute Gasteiger partial charge is 0.255 e. The topological polar surface area (TPSA) is 80.5 Å². The summed E-state index contributed by atoms with van der Waals surface area (Å²) < 4.78 is 23.3. The van der Waals surface area contributed by atoms with E-state index in [0.717, 1.165) is 12.8 Å². The van der Waals surface area contributed by atoms with Crippen molar-refractivity contribution in [2.45, 2.75) is 30.7 Å². The lowest BCUT2D eigenvalue weighted by Crippen LogP contribution is -2.33. The van der Waals surface area contributed by atoms with Crippen LogP contribution < -0.4 is 5.14 Å². The van der Waals surface area contributed by atoms with Gasteiger partial charge in [0.25, 0.3) is 5.91 Å². The molecule has 110 valence electrons. The predicted molar refractivity (Wildman–Crippen MR) is 80.3 cm³/mol. The lowest BCUT2D eigenvalue weighted by molar-refractivity contribution is 0.0752. The van der Waals surface area contributed by atoms with Gasteiger partial charge in [-0.3, -0.25) is 4.79 Å². The molecule has 1 aromatic carbocycles. The van der Waals surface area contributed by atoms with Gasteiger partial charge in [0.2, 0.25) is 10.0 Å². The molecule has 5 nitrogen and oxygen atoms in total. The van der Waals surface area contributed by atoms with E-state index >= 15 is 0 Å². The Bertz CT molecular complexity index is 659. The van der Waals surface area contributed by atoms with Crippen LogP contribution in [0.15, 0.2) is 21.5 Å². The molecule has 1 fully saturated rings. The summed E-state index contributed by atoms with van der Waals surface area (Å²) in [6, 6.07) is 2.84. The van der Waals surface area contributed by atoms with Crippen molar-refractivity contribution in [3.63, 3.8) is 0 Å². The number of rotatable bonds is 4. The number of halogens is 2. The van der Waals surface area contributed by atoms with E-state index in [4.69, 9.17) is 16.7 Å². The van der Waals surface area contributed by atoms with Crippen molar-refractivity contribution in [2.75, 3.05) is 6.54 Å². The number of carbonyl (C=O) groups excluding carboxylic acids is 1. The third-order valence-corrected chi connectivity index (χ3v) is 5.33. The van der Waals surface area contributed by atoms with Crippen LogP contribution in [0.5, 0.6) is 0 Å². The van der Waals surface area contributed by atoms with Crippen molar-refractivity contribution in [2.24, 2.45) is 5.14 Å². The number of hydrogen-bond donors (Lipinski definition) is 1. The molecular weight excluding hydrogens is 368 g/mol. The van der Waals surface area contributed by atoms with Crippen molar-refractivity contribution in [1.82, 2.24) is 4.90 Å². The Balaban J connectivity index is 2.48. The molecule has 0 aliphatic heterocycles. The number of nitrogens with two attached hydrogens (primary N) is 1. The zero-order valence-electron chi connectivity index (χ0n) is 10.8. The van der Waals surface area contributed by atoms with E-state index < -0.39 is 10.0 Å². The molecule has 1 saturated carbocycles. The van der Waals surface area contributed by atoms with Crippen molar-refractivity contribution >= 4 is 43.5 Å². The molecule has 20 heavy (non-hydrogen) atoms. The molecule has 0 aromatic heterocycles. The van der Waals surface area contributed by atoms with E-state index in [1.165, 1.54) is 12.1 Å². The molecule has 1 aliphatic carbocycles. The number of amides is 1. The van der Waals surface area contributed by atoms with Gasteiger partial charge in [-0.15, -0.1) is 0 Å². The highest BCUT2D eigenvalue weighted by Crippen LogP contribution is 2.32. The van der Waals surface area contributed by atoms with Gasteiger partial charge in [-0.1, -0.05) is 11.6 Å². The van der Waals surface area contributed by atoms with Gasteiger partial charge >= 0.3 is 0 Å². The van der Waals surface area contributed by atoms with Crippen LogP contribution in [-0.4, -0.2) is 31.8 Å². The molecule has 0 unspecified atom stereocenters. The quantitative estimate of drug-likeness (QED) is 0.869. The summed E-state index contributed by atoms with van der Waals surface area (Å²) in [5, 5.41) is 5.33. The average Bonchev–Trinajstić information content (AvgIpc) is 3.12. The number of benzene rings is 1. The van der Waals surface area contributed by atoms with Gasteiger partial charge in [-0.2, -0.15) is 0 Å². The van der Waals surface area contributed by atoms with Crippen LogP contribution in [0.3, 0.4) is 0 Å². The molecule has 2 rings (SSSR count). The summed E-state index contributed by atoms with van der Waals surface area (Å²) in [7, 11) is -3.92. The molecule has 2 N–H and O–H groups in total. The Hall–Kier alpha value is -0.630.